The summed E-state index contributed by atoms with van der Waals surface area (Å²) in [5, 5.41) is 2.50. The standard InChI is InChI=1S/C56H43N/c1-38-35-44(41-27-25-40(26-28-41)39-15-6-4-7-16-39)29-33-54(38)57(46-31-32-50-49-22-12-13-24-52(49)56(2,3)53(50)37-46)55-34-30-45(36-51(55)43-17-8-5-9-18-43)48-23-14-20-42-19-10-11-21-47(42)48/h4-37H,1-3H3. The average molecular weight is 730 g/mol. The predicted octanol–water partition coefficient (Wildman–Crippen LogP) is 15.6. The van der Waals surface area contributed by atoms with Crippen LogP contribution in [0.25, 0.3) is 66.4 Å². The van der Waals surface area contributed by atoms with Crippen LogP contribution in [0.4, 0.5) is 17.1 Å². The lowest BCUT2D eigenvalue weighted by Crippen LogP contribution is -2.17. The minimum absolute atomic E-state index is 0.126. The van der Waals surface area contributed by atoms with E-state index in [-0.39, 0.29) is 5.41 Å². The third-order valence-corrected chi connectivity index (χ3v) is 12.0. The molecule has 1 aliphatic rings. The van der Waals surface area contributed by atoms with Gasteiger partial charge < -0.3 is 4.90 Å². The molecule has 0 aliphatic heterocycles. The van der Waals surface area contributed by atoms with E-state index in [1.807, 2.05) is 0 Å². The van der Waals surface area contributed by atoms with Crippen LogP contribution < -0.4 is 4.90 Å². The van der Waals surface area contributed by atoms with Gasteiger partial charge in [-0.25, -0.2) is 0 Å². The van der Waals surface area contributed by atoms with Crippen molar-refractivity contribution in [2.24, 2.45) is 0 Å². The smallest absolute Gasteiger partial charge is 0.0540 e. The Kier molecular flexibility index (Phi) is 8.46. The molecular weight excluding hydrogens is 687 g/mol. The van der Waals surface area contributed by atoms with Crippen molar-refractivity contribution >= 4 is 27.8 Å². The van der Waals surface area contributed by atoms with Crippen molar-refractivity contribution in [3.8, 4) is 55.6 Å². The van der Waals surface area contributed by atoms with E-state index in [2.05, 4.69) is 232 Å². The van der Waals surface area contributed by atoms with Crippen LogP contribution in [0.2, 0.25) is 0 Å². The van der Waals surface area contributed by atoms with Crippen LogP contribution in [-0.2, 0) is 5.41 Å². The molecule has 272 valence electrons. The first kappa shape index (κ1) is 34.5. The number of hydrogen-bond donors (Lipinski definition) is 0. The maximum absolute atomic E-state index is 2.49. The van der Waals surface area contributed by atoms with Crippen molar-refractivity contribution in [2.45, 2.75) is 26.2 Å². The number of fused-ring (bicyclic) bond motifs is 4. The molecule has 0 N–H and O–H groups in total. The largest absolute Gasteiger partial charge is 0.310 e. The van der Waals surface area contributed by atoms with Gasteiger partial charge in [0, 0.05) is 22.4 Å². The molecule has 0 heterocycles. The van der Waals surface area contributed by atoms with E-state index in [9.17, 15) is 0 Å². The molecule has 1 nitrogen and oxygen atoms in total. The molecule has 1 aliphatic carbocycles. The molecule has 0 radical (unpaired) electrons. The zero-order valence-electron chi connectivity index (χ0n) is 32.6. The van der Waals surface area contributed by atoms with Crippen molar-refractivity contribution in [3.63, 3.8) is 0 Å². The van der Waals surface area contributed by atoms with E-state index in [1.165, 1.54) is 83.1 Å². The normalized spacial score (nSPS) is 12.6. The van der Waals surface area contributed by atoms with Gasteiger partial charge in [0.25, 0.3) is 0 Å². The van der Waals surface area contributed by atoms with E-state index in [0.717, 1.165) is 17.1 Å². The van der Waals surface area contributed by atoms with E-state index < -0.39 is 0 Å². The number of rotatable bonds is 7. The lowest BCUT2D eigenvalue weighted by molar-refractivity contribution is 0.660. The van der Waals surface area contributed by atoms with Gasteiger partial charge in [0.2, 0.25) is 0 Å². The summed E-state index contributed by atoms with van der Waals surface area (Å²) in [5.41, 5.74) is 19.6. The van der Waals surface area contributed by atoms with E-state index >= 15 is 0 Å². The lowest BCUT2D eigenvalue weighted by Gasteiger charge is -2.31. The number of aryl methyl sites for hydroxylation is 1. The molecule has 9 aromatic rings. The lowest BCUT2D eigenvalue weighted by atomic mass is 9.82. The van der Waals surface area contributed by atoms with Crippen LogP contribution in [0, 0.1) is 6.92 Å². The molecule has 0 unspecified atom stereocenters. The summed E-state index contributed by atoms with van der Waals surface area (Å²) < 4.78 is 0. The fourth-order valence-corrected chi connectivity index (χ4v) is 9.04. The van der Waals surface area contributed by atoms with E-state index in [0.29, 0.717) is 0 Å². The number of hydrogen-bond acceptors (Lipinski definition) is 1. The molecule has 1 heteroatoms. The van der Waals surface area contributed by atoms with Gasteiger partial charge in [0.15, 0.2) is 0 Å². The van der Waals surface area contributed by atoms with Gasteiger partial charge in [0.05, 0.1) is 5.69 Å². The van der Waals surface area contributed by atoms with Crippen molar-refractivity contribution in [1.82, 2.24) is 0 Å². The summed E-state index contributed by atoms with van der Waals surface area (Å²) in [7, 11) is 0. The van der Waals surface area contributed by atoms with Gasteiger partial charge in [-0.3, -0.25) is 0 Å². The molecule has 0 spiro atoms. The molecule has 9 aromatic carbocycles. The highest BCUT2D eigenvalue weighted by molar-refractivity contribution is 5.99. The molecule has 10 rings (SSSR count). The summed E-state index contributed by atoms with van der Waals surface area (Å²) in [5.74, 6) is 0. The molecule has 0 fully saturated rings. The molecule has 0 saturated heterocycles. The first-order chi connectivity index (χ1) is 27.9. The second kappa shape index (κ2) is 14.0. The molecule has 57 heavy (non-hydrogen) atoms. The Morgan fingerprint density at radius 1 is 0.351 bits per heavy atom. The monoisotopic (exact) mass is 729 g/mol. The number of benzene rings is 9. The quantitative estimate of drug-likeness (QED) is 0.158. The summed E-state index contributed by atoms with van der Waals surface area (Å²) >= 11 is 0. The van der Waals surface area contributed by atoms with Crippen molar-refractivity contribution in [1.29, 1.82) is 0 Å². The van der Waals surface area contributed by atoms with Gasteiger partial charge in [0.1, 0.15) is 0 Å². The van der Waals surface area contributed by atoms with Crippen LogP contribution in [0.3, 0.4) is 0 Å². The van der Waals surface area contributed by atoms with Gasteiger partial charge >= 0.3 is 0 Å². The summed E-state index contributed by atoms with van der Waals surface area (Å²) in [6, 6.07) is 75.7. The second-order valence-corrected chi connectivity index (χ2v) is 15.8. The Hall–Kier alpha value is -6.96. The first-order valence-electron chi connectivity index (χ1n) is 19.9. The number of nitrogens with zero attached hydrogens (tertiary/aromatic N) is 1. The van der Waals surface area contributed by atoms with Gasteiger partial charge in [-0.2, -0.15) is 0 Å². The van der Waals surface area contributed by atoms with Crippen molar-refractivity contribution in [3.05, 3.63) is 223 Å². The summed E-state index contributed by atoms with van der Waals surface area (Å²) in [6.45, 7) is 6.98. The van der Waals surface area contributed by atoms with E-state index in [1.54, 1.807) is 0 Å². The average Bonchev–Trinajstić information content (AvgIpc) is 3.50. The van der Waals surface area contributed by atoms with E-state index in [4.69, 9.17) is 0 Å². The summed E-state index contributed by atoms with van der Waals surface area (Å²) in [6.07, 6.45) is 0. The first-order valence-corrected chi connectivity index (χ1v) is 19.9. The third kappa shape index (κ3) is 6.04. The van der Waals surface area contributed by atoms with Crippen molar-refractivity contribution in [2.75, 3.05) is 4.90 Å². The number of anilines is 3. The zero-order valence-corrected chi connectivity index (χ0v) is 32.6. The van der Waals surface area contributed by atoms with Crippen LogP contribution in [0.1, 0.15) is 30.5 Å². The highest BCUT2D eigenvalue weighted by atomic mass is 15.1. The van der Waals surface area contributed by atoms with Crippen LogP contribution in [0.15, 0.2) is 206 Å². The Morgan fingerprint density at radius 3 is 1.68 bits per heavy atom. The topological polar surface area (TPSA) is 3.24 Å². The Morgan fingerprint density at radius 2 is 0.912 bits per heavy atom. The zero-order chi connectivity index (χ0) is 38.5. The fourth-order valence-electron chi connectivity index (χ4n) is 9.04. The maximum Gasteiger partial charge on any atom is 0.0540 e. The van der Waals surface area contributed by atoms with Crippen molar-refractivity contribution < 1.29 is 0 Å². The predicted molar refractivity (Wildman–Crippen MR) is 243 cm³/mol. The molecule has 0 amide bonds. The SMILES string of the molecule is Cc1cc(-c2ccc(-c3ccccc3)cc2)ccc1N(c1ccc2c(c1)C(C)(C)c1ccccc1-2)c1ccc(-c2cccc3ccccc23)cc1-c1ccccc1. The van der Waals surface area contributed by atoms with Gasteiger partial charge in [-0.05, 0) is 121 Å². The molecule has 0 atom stereocenters. The highest BCUT2D eigenvalue weighted by Gasteiger charge is 2.36. The minimum Gasteiger partial charge on any atom is -0.310 e. The van der Waals surface area contributed by atoms with Crippen LogP contribution >= 0.6 is 0 Å². The fraction of sp³-hybridized carbons (Fsp3) is 0.0714. The molecule has 0 bridgehead atoms. The van der Waals surface area contributed by atoms with Crippen LogP contribution in [-0.4, -0.2) is 0 Å². The second-order valence-electron chi connectivity index (χ2n) is 15.8. The third-order valence-electron chi connectivity index (χ3n) is 12.0. The minimum atomic E-state index is -0.126. The maximum atomic E-state index is 2.49. The Labute approximate surface area is 336 Å². The molecular formula is C56H43N. The van der Waals surface area contributed by atoms with Gasteiger partial charge in [-0.1, -0.05) is 184 Å². The van der Waals surface area contributed by atoms with Gasteiger partial charge in [-0.15, -0.1) is 0 Å². The molecule has 0 aromatic heterocycles. The highest BCUT2D eigenvalue weighted by Crippen LogP contribution is 2.52. The summed E-state index contributed by atoms with van der Waals surface area (Å²) in [4.78, 5) is 2.49. The molecule has 0 saturated carbocycles. The van der Waals surface area contributed by atoms with Crippen LogP contribution in [0.5, 0.6) is 0 Å². The Balaban J connectivity index is 1.16. The Bertz CT molecular complexity index is 2910.